The minimum atomic E-state index is -0.199. The van der Waals surface area contributed by atoms with Gasteiger partial charge in [-0.1, -0.05) is 12.1 Å². The summed E-state index contributed by atoms with van der Waals surface area (Å²) in [6.45, 7) is 3.46. The van der Waals surface area contributed by atoms with Crippen LogP contribution in [0.15, 0.2) is 24.3 Å². The predicted octanol–water partition coefficient (Wildman–Crippen LogP) is 2.31. The summed E-state index contributed by atoms with van der Waals surface area (Å²) in [6, 6.07) is 6.55. The van der Waals surface area contributed by atoms with Crippen molar-refractivity contribution in [2.24, 2.45) is 5.73 Å². The van der Waals surface area contributed by atoms with Gasteiger partial charge >= 0.3 is 0 Å². The van der Waals surface area contributed by atoms with Crippen molar-refractivity contribution < 1.29 is 4.39 Å². The third-order valence-electron chi connectivity index (χ3n) is 3.25. The van der Waals surface area contributed by atoms with Crippen LogP contribution in [-0.4, -0.2) is 24.5 Å². The van der Waals surface area contributed by atoms with E-state index in [-0.39, 0.29) is 11.9 Å². The molecule has 2 N–H and O–H groups in total. The third-order valence-corrected chi connectivity index (χ3v) is 3.25. The van der Waals surface area contributed by atoms with Gasteiger partial charge in [0.1, 0.15) is 5.82 Å². The molecule has 2 rings (SSSR count). The second kappa shape index (κ2) is 5.41. The van der Waals surface area contributed by atoms with Crippen molar-refractivity contribution in [3.8, 4) is 0 Å². The molecule has 1 saturated heterocycles. The van der Waals surface area contributed by atoms with Crippen LogP contribution in [-0.2, 0) is 0 Å². The first-order valence-electron chi connectivity index (χ1n) is 5.99. The van der Waals surface area contributed by atoms with E-state index in [9.17, 15) is 4.39 Å². The van der Waals surface area contributed by atoms with Crippen molar-refractivity contribution >= 4 is 0 Å². The molecule has 2 nitrogen and oxygen atoms in total. The van der Waals surface area contributed by atoms with E-state index in [1.54, 1.807) is 12.1 Å². The Balaban J connectivity index is 1.82. The molecule has 1 atom stereocenters. The largest absolute Gasteiger partial charge is 0.324 e. The zero-order valence-corrected chi connectivity index (χ0v) is 9.53. The molecule has 1 heterocycles. The minimum absolute atomic E-state index is 0.0289. The van der Waals surface area contributed by atoms with Crippen molar-refractivity contribution in [2.75, 3.05) is 19.6 Å². The molecule has 0 radical (unpaired) electrons. The van der Waals surface area contributed by atoms with E-state index in [1.807, 2.05) is 0 Å². The Morgan fingerprint density at radius 1 is 1.19 bits per heavy atom. The number of hydrogen-bond acceptors (Lipinski definition) is 2. The number of hydrogen-bond donors (Lipinski definition) is 1. The molecule has 0 saturated carbocycles. The molecule has 0 unspecified atom stereocenters. The molecule has 0 bridgehead atoms. The van der Waals surface area contributed by atoms with E-state index in [0.29, 0.717) is 0 Å². The van der Waals surface area contributed by atoms with Crippen LogP contribution in [0.3, 0.4) is 0 Å². The lowest BCUT2D eigenvalue weighted by molar-refractivity contribution is 0.322. The fourth-order valence-electron chi connectivity index (χ4n) is 2.20. The lowest BCUT2D eigenvalue weighted by Crippen LogP contribution is -2.24. The van der Waals surface area contributed by atoms with E-state index in [4.69, 9.17) is 5.73 Å². The summed E-state index contributed by atoms with van der Waals surface area (Å²) < 4.78 is 12.7. The lowest BCUT2D eigenvalue weighted by atomic mass is 10.0. The molecule has 0 aliphatic carbocycles. The molecule has 88 valence electrons. The average Bonchev–Trinajstić information content (AvgIpc) is 2.80. The standard InChI is InChI=1S/C13H19FN2/c14-12-5-3-11(4-6-12)13(15)7-10-16-8-1-2-9-16/h3-6,13H,1-2,7-10,15H2/t13-/m0/s1. The third kappa shape index (κ3) is 3.03. The molecule has 0 spiro atoms. The highest BCUT2D eigenvalue weighted by Crippen LogP contribution is 2.16. The van der Waals surface area contributed by atoms with Crippen molar-refractivity contribution in [1.29, 1.82) is 0 Å². The highest BCUT2D eigenvalue weighted by Gasteiger charge is 2.13. The molecule has 16 heavy (non-hydrogen) atoms. The first-order valence-corrected chi connectivity index (χ1v) is 5.99. The van der Waals surface area contributed by atoms with Crippen molar-refractivity contribution in [1.82, 2.24) is 4.90 Å². The Labute approximate surface area is 96.2 Å². The molecular formula is C13H19FN2. The monoisotopic (exact) mass is 222 g/mol. The van der Waals surface area contributed by atoms with E-state index in [2.05, 4.69) is 4.90 Å². The van der Waals surface area contributed by atoms with Gasteiger partial charge in [-0.3, -0.25) is 0 Å². The first kappa shape index (κ1) is 11.6. The quantitative estimate of drug-likeness (QED) is 0.847. The van der Waals surface area contributed by atoms with E-state index >= 15 is 0 Å². The minimum Gasteiger partial charge on any atom is -0.324 e. The number of likely N-dealkylation sites (tertiary alicyclic amines) is 1. The van der Waals surface area contributed by atoms with Gasteiger partial charge in [-0.05, 0) is 56.6 Å². The van der Waals surface area contributed by atoms with Crippen molar-refractivity contribution in [3.05, 3.63) is 35.6 Å². The summed E-state index contributed by atoms with van der Waals surface area (Å²) in [6.07, 6.45) is 3.57. The summed E-state index contributed by atoms with van der Waals surface area (Å²) in [5.74, 6) is -0.199. The molecule has 1 fully saturated rings. The van der Waals surface area contributed by atoms with Gasteiger partial charge in [-0.2, -0.15) is 0 Å². The Bertz CT molecular complexity index is 317. The van der Waals surface area contributed by atoms with Crippen LogP contribution in [0.2, 0.25) is 0 Å². The summed E-state index contributed by atoms with van der Waals surface area (Å²) in [4.78, 5) is 2.45. The fourth-order valence-corrected chi connectivity index (χ4v) is 2.20. The lowest BCUT2D eigenvalue weighted by Gasteiger charge is -2.18. The Morgan fingerprint density at radius 2 is 1.81 bits per heavy atom. The molecule has 1 aliphatic heterocycles. The maximum absolute atomic E-state index is 12.7. The van der Waals surface area contributed by atoms with Crippen molar-refractivity contribution in [3.63, 3.8) is 0 Å². The van der Waals surface area contributed by atoms with Crippen LogP contribution in [0.1, 0.15) is 30.9 Å². The van der Waals surface area contributed by atoms with E-state index < -0.39 is 0 Å². The van der Waals surface area contributed by atoms with Crippen LogP contribution in [0, 0.1) is 5.82 Å². The topological polar surface area (TPSA) is 29.3 Å². The van der Waals surface area contributed by atoms with Gasteiger partial charge in [0.15, 0.2) is 0 Å². The van der Waals surface area contributed by atoms with Gasteiger partial charge in [0.2, 0.25) is 0 Å². The number of rotatable bonds is 4. The van der Waals surface area contributed by atoms with Crippen LogP contribution in [0.25, 0.3) is 0 Å². The van der Waals surface area contributed by atoms with Gasteiger partial charge in [-0.25, -0.2) is 4.39 Å². The SMILES string of the molecule is N[C@@H](CCN1CCCC1)c1ccc(F)cc1. The fraction of sp³-hybridized carbons (Fsp3) is 0.538. The van der Waals surface area contributed by atoms with Crippen LogP contribution < -0.4 is 5.73 Å². The molecule has 1 aromatic carbocycles. The molecular weight excluding hydrogens is 203 g/mol. The summed E-state index contributed by atoms with van der Waals surface area (Å²) in [7, 11) is 0. The van der Waals surface area contributed by atoms with Gasteiger partial charge < -0.3 is 10.6 Å². The maximum atomic E-state index is 12.7. The van der Waals surface area contributed by atoms with Gasteiger partial charge in [0, 0.05) is 6.04 Å². The molecule has 0 amide bonds. The normalized spacial score (nSPS) is 18.9. The average molecular weight is 222 g/mol. The Hall–Kier alpha value is -0.930. The molecule has 3 heteroatoms. The summed E-state index contributed by atoms with van der Waals surface area (Å²) in [5, 5.41) is 0. The highest BCUT2D eigenvalue weighted by atomic mass is 19.1. The van der Waals surface area contributed by atoms with E-state index in [0.717, 1.165) is 18.5 Å². The molecule has 0 aromatic heterocycles. The van der Waals surface area contributed by atoms with Gasteiger partial charge in [0.05, 0.1) is 0 Å². The second-order valence-electron chi connectivity index (χ2n) is 4.50. The highest BCUT2D eigenvalue weighted by molar-refractivity contribution is 5.19. The molecule has 1 aromatic rings. The number of nitrogens with two attached hydrogens (primary N) is 1. The van der Waals surface area contributed by atoms with Gasteiger partial charge in [-0.15, -0.1) is 0 Å². The second-order valence-corrected chi connectivity index (χ2v) is 4.50. The zero-order chi connectivity index (χ0) is 11.4. The van der Waals surface area contributed by atoms with Crippen LogP contribution >= 0.6 is 0 Å². The number of benzene rings is 1. The predicted molar refractivity (Wildman–Crippen MR) is 63.6 cm³/mol. The van der Waals surface area contributed by atoms with Gasteiger partial charge in [0.25, 0.3) is 0 Å². The van der Waals surface area contributed by atoms with Crippen LogP contribution in [0.5, 0.6) is 0 Å². The first-order chi connectivity index (χ1) is 7.75. The Morgan fingerprint density at radius 3 is 2.44 bits per heavy atom. The number of nitrogens with zero attached hydrogens (tertiary/aromatic N) is 1. The summed E-state index contributed by atoms with van der Waals surface area (Å²) >= 11 is 0. The van der Waals surface area contributed by atoms with Crippen LogP contribution in [0.4, 0.5) is 4.39 Å². The van der Waals surface area contributed by atoms with Crippen molar-refractivity contribution in [2.45, 2.75) is 25.3 Å². The molecule has 1 aliphatic rings. The number of halogens is 1. The summed E-state index contributed by atoms with van der Waals surface area (Å²) in [5.41, 5.74) is 7.10. The van der Waals surface area contributed by atoms with E-state index in [1.165, 1.54) is 38.1 Å². The smallest absolute Gasteiger partial charge is 0.123 e. The Kier molecular flexibility index (Phi) is 3.91. The zero-order valence-electron chi connectivity index (χ0n) is 9.53. The maximum Gasteiger partial charge on any atom is 0.123 e.